The summed E-state index contributed by atoms with van der Waals surface area (Å²) in [6, 6.07) is 0. The number of aliphatic hydroxyl groups excluding tert-OH is 1. The Balaban J connectivity index is 1.88. The molecule has 8 nitrogen and oxygen atoms in total. The lowest BCUT2D eigenvalue weighted by molar-refractivity contribution is -0.130. The summed E-state index contributed by atoms with van der Waals surface area (Å²) in [5.74, 6) is -0.727. The second-order valence-electron chi connectivity index (χ2n) is 5.86. The van der Waals surface area contributed by atoms with Crippen LogP contribution in [-0.2, 0) is 21.2 Å². The maximum atomic E-state index is 12.2. The van der Waals surface area contributed by atoms with E-state index < -0.39 is 22.0 Å². The van der Waals surface area contributed by atoms with Crippen LogP contribution >= 0.6 is 11.3 Å². The first-order valence-electron chi connectivity index (χ1n) is 7.25. The number of anilines is 1. The summed E-state index contributed by atoms with van der Waals surface area (Å²) in [6.45, 7) is 0.428. The molecular weight excluding hydrogens is 340 g/mol. The number of hydrogen-bond donors (Lipinski definition) is 2. The quantitative estimate of drug-likeness (QED) is 0.696. The minimum atomic E-state index is -3.40. The minimum Gasteiger partial charge on any atom is -0.391 e. The number of carbonyl (C=O) groups is 1. The molecule has 130 valence electrons. The fourth-order valence-electron chi connectivity index (χ4n) is 2.47. The summed E-state index contributed by atoms with van der Waals surface area (Å²) in [6.07, 6.45) is -0.0633. The van der Waals surface area contributed by atoms with Crippen LogP contribution in [0.5, 0.6) is 0 Å². The van der Waals surface area contributed by atoms with E-state index in [4.69, 9.17) is 5.73 Å². The summed E-state index contributed by atoms with van der Waals surface area (Å²) in [7, 11) is -0.488. The average Bonchev–Trinajstić information content (AvgIpc) is 3.02. The van der Waals surface area contributed by atoms with Crippen molar-refractivity contribution in [3.8, 4) is 0 Å². The van der Waals surface area contributed by atoms with Gasteiger partial charge in [0.15, 0.2) is 5.13 Å². The van der Waals surface area contributed by atoms with Gasteiger partial charge in [-0.15, -0.1) is 11.3 Å². The largest absolute Gasteiger partial charge is 0.391 e. The SMILES string of the molecule is CN(C)S(=O)(=O)C[C@@H]1CN(C(=O)CCc2csc(N)n2)C[C@@H]1O. The van der Waals surface area contributed by atoms with Crippen molar-refractivity contribution < 1.29 is 18.3 Å². The highest BCUT2D eigenvalue weighted by Crippen LogP contribution is 2.21. The van der Waals surface area contributed by atoms with Crippen molar-refractivity contribution in [1.82, 2.24) is 14.2 Å². The molecule has 3 N–H and O–H groups in total. The number of β-amino-alcohol motifs (C(OH)–C–C–N with tert-alkyl or cyclic N) is 1. The van der Waals surface area contributed by atoms with Crippen molar-refractivity contribution >= 4 is 32.4 Å². The Kier molecular flexibility index (Phi) is 5.61. The van der Waals surface area contributed by atoms with Crippen LogP contribution in [0.1, 0.15) is 12.1 Å². The van der Waals surface area contributed by atoms with Crippen LogP contribution in [0.25, 0.3) is 0 Å². The van der Waals surface area contributed by atoms with E-state index in [1.165, 1.54) is 30.3 Å². The van der Waals surface area contributed by atoms with Gasteiger partial charge in [0.1, 0.15) is 0 Å². The molecule has 1 aliphatic heterocycles. The average molecular weight is 362 g/mol. The molecule has 1 aromatic heterocycles. The Morgan fingerprint density at radius 2 is 2.22 bits per heavy atom. The van der Waals surface area contributed by atoms with E-state index in [0.29, 0.717) is 11.6 Å². The number of aryl methyl sites for hydroxylation is 1. The van der Waals surface area contributed by atoms with Gasteiger partial charge >= 0.3 is 0 Å². The van der Waals surface area contributed by atoms with Gasteiger partial charge in [-0.1, -0.05) is 0 Å². The fourth-order valence-corrected chi connectivity index (χ4v) is 4.24. The monoisotopic (exact) mass is 362 g/mol. The van der Waals surface area contributed by atoms with E-state index in [1.54, 1.807) is 0 Å². The number of nitrogen functional groups attached to an aromatic ring is 1. The highest BCUT2D eigenvalue weighted by Gasteiger charge is 2.37. The number of sulfonamides is 1. The minimum absolute atomic E-state index is 0.111. The zero-order chi connectivity index (χ0) is 17.2. The topological polar surface area (TPSA) is 117 Å². The molecule has 2 atom stereocenters. The maximum absolute atomic E-state index is 12.2. The van der Waals surface area contributed by atoms with Crippen LogP contribution in [-0.4, -0.2) is 72.7 Å². The Bertz CT molecular complexity index is 659. The van der Waals surface area contributed by atoms with Gasteiger partial charge in [0.05, 0.1) is 17.6 Å². The lowest BCUT2D eigenvalue weighted by Crippen LogP contribution is -2.33. The van der Waals surface area contributed by atoms with Gasteiger partial charge < -0.3 is 15.7 Å². The molecule has 1 saturated heterocycles. The van der Waals surface area contributed by atoms with E-state index in [-0.39, 0.29) is 31.2 Å². The Labute approximate surface area is 140 Å². The Morgan fingerprint density at radius 1 is 1.52 bits per heavy atom. The van der Waals surface area contributed by atoms with Crippen LogP contribution in [0.15, 0.2) is 5.38 Å². The molecule has 0 aliphatic carbocycles. The lowest BCUT2D eigenvalue weighted by Gasteiger charge is -2.18. The first-order valence-corrected chi connectivity index (χ1v) is 9.74. The van der Waals surface area contributed by atoms with E-state index in [1.807, 2.05) is 5.38 Å². The predicted octanol–water partition coefficient (Wildman–Crippen LogP) is -0.631. The first kappa shape index (κ1) is 18.1. The molecule has 0 radical (unpaired) electrons. The smallest absolute Gasteiger partial charge is 0.223 e. The molecule has 23 heavy (non-hydrogen) atoms. The second-order valence-corrected chi connectivity index (χ2v) is 8.98. The third-order valence-corrected chi connectivity index (χ3v) is 6.59. The predicted molar refractivity (Wildman–Crippen MR) is 88.4 cm³/mol. The van der Waals surface area contributed by atoms with E-state index in [2.05, 4.69) is 4.98 Å². The standard InChI is InChI=1S/C13H22N4O4S2/c1-16(2)23(20,21)8-9-5-17(6-11(9)18)12(19)4-3-10-7-22-13(14)15-10/h7,9,11,18H,3-6,8H2,1-2H3,(H2,14,15)/t9-,11-/m0/s1. The molecule has 0 aromatic carbocycles. The number of aromatic nitrogens is 1. The molecule has 10 heteroatoms. The highest BCUT2D eigenvalue weighted by molar-refractivity contribution is 7.89. The van der Waals surface area contributed by atoms with Gasteiger partial charge in [0.2, 0.25) is 15.9 Å². The van der Waals surface area contributed by atoms with Crippen LogP contribution < -0.4 is 5.73 Å². The third kappa shape index (κ3) is 4.63. The summed E-state index contributed by atoms with van der Waals surface area (Å²) >= 11 is 1.33. The zero-order valence-corrected chi connectivity index (χ0v) is 14.8. The van der Waals surface area contributed by atoms with Crippen LogP contribution in [0.2, 0.25) is 0 Å². The summed E-state index contributed by atoms with van der Waals surface area (Å²) in [4.78, 5) is 17.8. The Morgan fingerprint density at radius 3 is 2.78 bits per heavy atom. The van der Waals surface area contributed by atoms with E-state index >= 15 is 0 Å². The van der Waals surface area contributed by atoms with E-state index in [9.17, 15) is 18.3 Å². The number of hydrogen-bond acceptors (Lipinski definition) is 7. The molecule has 1 amide bonds. The van der Waals surface area contributed by atoms with Gasteiger partial charge in [0, 0.05) is 44.9 Å². The Hall–Kier alpha value is -1.23. The van der Waals surface area contributed by atoms with Gasteiger partial charge in [-0.3, -0.25) is 4.79 Å². The number of rotatable bonds is 6. The normalized spacial score (nSPS) is 22.0. The second kappa shape index (κ2) is 7.12. The van der Waals surface area contributed by atoms with Crippen LogP contribution in [0.4, 0.5) is 5.13 Å². The van der Waals surface area contributed by atoms with Crippen molar-refractivity contribution in [3.05, 3.63) is 11.1 Å². The van der Waals surface area contributed by atoms with Crippen molar-refractivity contribution in [1.29, 1.82) is 0 Å². The number of amides is 1. The van der Waals surface area contributed by atoms with E-state index in [0.717, 1.165) is 10.00 Å². The van der Waals surface area contributed by atoms with Gasteiger partial charge in [-0.2, -0.15) is 0 Å². The number of nitrogens with two attached hydrogens (primary N) is 1. The molecule has 1 fully saturated rings. The molecule has 0 spiro atoms. The highest BCUT2D eigenvalue weighted by atomic mass is 32.2. The molecule has 0 saturated carbocycles. The lowest BCUT2D eigenvalue weighted by atomic mass is 10.1. The number of thiazole rings is 1. The molecule has 2 rings (SSSR count). The molecule has 0 bridgehead atoms. The van der Waals surface area contributed by atoms with Crippen molar-refractivity contribution in [2.45, 2.75) is 18.9 Å². The first-order chi connectivity index (χ1) is 10.7. The third-order valence-electron chi connectivity index (χ3n) is 3.90. The summed E-state index contributed by atoms with van der Waals surface area (Å²) in [5.41, 5.74) is 6.32. The summed E-state index contributed by atoms with van der Waals surface area (Å²) in [5, 5.41) is 12.3. The van der Waals surface area contributed by atoms with Crippen molar-refractivity contribution in [3.63, 3.8) is 0 Å². The van der Waals surface area contributed by atoms with Gasteiger partial charge in [0.25, 0.3) is 0 Å². The van der Waals surface area contributed by atoms with Crippen LogP contribution in [0, 0.1) is 5.92 Å². The number of likely N-dealkylation sites (tertiary alicyclic amines) is 1. The number of aliphatic hydroxyl groups is 1. The van der Waals surface area contributed by atoms with Crippen molar-refractivity contribution in [2.75, 3.05) is 38.7 Å². The molecular formula is C13H22N4O4S2. The molecule has 1 aliphatic rings. The number of nitrogens with zero attached hydrogens (tertiary/aromatic N) is 3. The fraction of sp³-hybridized carbons (Fsp3) is 0.692. The summed E-state index contributed by atoms with van der Waals surface area (Å²) < 4.78 is 25.0. The van der Waals surface area contributed by atoms with Gasteiger partial charge in [-0.05, 0) is 6.42 Å². The molecule has 0 unspecified atom stereocenters. The molecule has 1 aromatic rings. The van der Waals surface area contributed by atoms with Crippen LogP contribution in [0.3, 0.4) is 0 Å². The zero-order valence-electron chi connectivity index (χ0n) is 13.2. The van der Waals surface area contributed by atoms with Gasteiger partial charge in [-0.25, -0.2) is 17.7 Å². The van der Waals surface area contributed by atoms with Crippen molar-refractivity contribution in [2.24, 2.45) is 5.92 Å². The molecule has 2 heterocycles. The number of carbonyl (C=O) groups excluding carboxylic acids is 1. The maximum Gasteiger partial charge on any atom is 0.223 e.